The van der Waals surface area contributed by atoms with Gasteiger partial charge in [0.25, 0.3) is 0 Å². The molecule has 1 saturated carbocycles. The van der Waals surface area contributed by atoms with Gasteiger partial charge in [0, 0.05) is 25.2 Å². The van der Waals surface area contributed by atoms with Crippen LogP contribution in [0, 0.1) is 5.92 Å². The quantitative estimate of drug-likeness (QED) is 0.683. The number of likely N-dealkylation sites (tertiary alicyclic amines) is 1. The summed E-state index contributed by atoms with van der Waals surface area (Å²) in [5.41, 5.74) is 0. The predicted molar refractivity (Wildman–Crippen MR) is 68.3 cm³/mol. The third-order valence-electron chi connectivity index (χ3n) is 4.58. The molecule has 2 heterocycles. The van der Waals surface area contributed by atoms with Gasteiger partial charge >= 0.3 is 0 Å². The van der Waals surface area contributed by atoms with Crippen molar-refractivity contribution in [3.05, 3.63) is 0 Å². The molecule has 0 aromatic rings. The number of likely N-dealkylation sites (N-methyl/N-ethyl adjacent to an activating group) is 1. The molecule has 96 valence electrons. The lowest BCUT2D eigenvalue weighted by molar-refractivity contribution is -0.132. The van der Waals surface area contributed by atoms with Crippen LogP contribution < -0.4 is 0 Å². The van der Waals surface area contributed by atoms with Crippen LogP contribution in [0.5, 0.6) is 0 Å². The van der Waals surface area contributed by atoms with E-state index in [0.29, 0.717) is 18.5 Å². The highest BCUT2D eigenvalue weighted by Crippen LogP contribution is 2.54. The molecule has 2 saturated heterocycles. The first-order chi connectivity index (χ1) is 7.99. The molecule has 0 spiro atoms. The highest BCUT2D eigenvalue weighted by Gasteiger charge is 2.57. The SMILES string of the molecule is CN1[C@H]2CC[C@H]1CN(C(=O)[C@@H]1CC1(Cl)Cl)CC2. The first kappa shape index (κ1) is 12.1. The number of amides is 1. The fourth-order valence-corrected chi connectivity index (χ4v) is 3.71. The highest BCUT2D eigenvalue weighted by molar-refractivity contribution is 6.52. The van der Waals surface area contributed by atoms with Crippen molar-refractivity contribution in [1.29, 1.82) is 0 Å². The van der Waals surface area contributed by atoms with Crippen molar-refractivity contribution < 1.29 is 4.79 Å². The number of hydrogen-bond acceptors (Lipinski definition) is 2. The summed E-state index contributed by atoms with van der Waals surface area (Å²) in [5.74, 6) is 0.00344. The second-order valence-electron chi connectivity index (χ2n) is 5.64. The minimum Gasteiger partial charge on any atom is -0.341 e. The van der Waals surface area contributed by atoms with E-state index in [4.69, 9.17) is 23.2 Å². The van der Waals surface area contributed by atoms with Crippen LogP contribution in [0.1, 0.15) is 25.7 Å². The number of nitrogens with zero attached hydrogens (tertiary/aromatic N) is 2. The lowest BCUT2D eigenvalue weighted by atomic mass is 10.1. The Labute approximate surface area is 112 Å². The fraction of sp³-hybridized carbons (Fsp3) is 0.917. The first-order valence-electron chi connectivity index (χ1n) is 6.37. The maximum Gasteiger partial charge on any atom is 0.228 e. The second-order valence-corrected chi connectivity index (χ2v) is 7.18. The Morgan fingerprint density at radius 3 is 2.53 bits per heavy atom. The van der Waals surface area contributed by atoms with E-state index < -0.39 is 4.33 Å². The van der Waals surface area contributed by atoms with Crippen molar-refractivity contribution in [2.75, 3.05) is 20.1 Å². The summed E-state index contributed by atoms with van der Waals surface area (Å²) in [6, 6.07) is 1.19. The highest BCUT2D eigenvalue weighted by atomic mass is 35.5. The molecular weight excluding hydrogens is 259 g/mol. The molecule has 0 aromatic heterocycles. The van der Waals surface area contributed by atoms with Crippen molar-refractivity contribution in [3.63, 3.8) is 0 Å². The summed E-state index contributed by atoms with van der Waals surface area (Å²) >= 11 is 12.0. The van der Waals surface area contributed by atoms with Crippen LogP contribution in [0.25, 0.3) is 0 Å². The number of alkyl halides is 2. The number of fused-ring (bicyclic) bond motifs is 2. The van der Waals surface area contributed by atoms with E-state index in [0.717, 1.165) is 19.5 Å². The molecule has 3 fully saturated rings. The Hall–Kier alpha value is 0.01000. The molecule has 1 aliphatic carbocycles. The molecule has 3 nitrogen and oxygen atoms in total. The zero-order valence-corrected chi connectivity index (χ0v) is 11.5. The average molecular weight is 277 g/mol. The van der Waals surface area contributed by atoms with Gasteiger partial charge in [0.1, 0.15) is 4.33 Å². The molecule has 3 atom stereocenters. The van der Waals surface area contributed by atoms with Crippen LogP contribution in [0.15, 0.2) is 0 Å². The number of carbonyl (C=O) groups excluding carboxylic acids is 1. The van der Waals surface area contributed by atoms with Gasteiger partial charge in [0.2, 0.25) is 5.91 Å². The summed E-state index contributed by atoms with van der Waals surface area (Å²) in [7, 11) is 2.18. The number of hydrogen-bond donors (Lipinski definition) is 0. The number of carbonyl (C=O) groups is 1. The van der Waals surface area contributed by atoms with Crippen molar-refractivity contribution in [3.8, 4) is 0 Å². The largest absolute Gasteiger partial charge is 0.341 e. The standard InChI is InChI=1S/C12H18Cl2N2O/c1-15-8-2-3-9(15)7-16(5-4-8)11(17)10-6-12(10,13)14/h8-10H,2-7H2,1H3/t8-,9-,10-/m0/s1. The van der Waals surface area contributed by atoms with Crippen LogP contribution in [-0.2, 0) is 4.79 Å². The third kappa shape index (κ3) is 2.06. The summed E-state index contributed by atoms with van der Waals surface area (Å²) in [5, 5.41) is 0. The van der Waals surface area contributed by atoms with E-state index >= 15 is 0 Å². The van der Waals surface area contributed by atoms with Crippen molar-refractivity contribution in [1.82, 2.24) is 9.80 Å². The van der Waals surface area contributed by atoms with Crippen LogP contribution in [0.3, 0.4) is 0 Å². The molecule has 0 unspecified atom stereocenters. The first-order valence-corrected chi connectivity index (χ1v) is 7.13. The molecule has 2 aliphatic heterocycles. The van der Waals surface area contributed by atoms with E-state index in [2.05, 4.69) is 11.9 Å². The molecule has 1 amide bonds. The third-order valence-corrected chi connectivity index (χ3v) is 5.42. The Bertz CT molecular complexity index is 347. The maximum atomic E-state index is 12.3. The van der Waals surface area contributed by atoms with Gasteiger partial charge in [-0.1, -0.05) is 0 Å². The fourth-order valence-electron chi connectivity index (χ4n) is 3.21. The van der Waals surface area contributed by atoms with E-state index in [1.807, 2.05) is 4.90 Å². The predicted octanol–water partition coefficient (Wildman–Crippen LogP) is 1.88. The molecular formula is C12H18Cl2N2O. The zero-order chi connectivity index (χ0) is 12.2. The van der Waals surface area contributed by atoms with Crippen molar-refractivity contribution in [2.24, 2.45) is 5.92 Å². The summed E-state index contributed by atoms with van der Waals surface area (Å²) in [6.45, 7) is 1.72. The molecule has 3 aliphatic rings. The lowest BCUT2D eigenvalue weighted by Crippen LogP contribution is -2.41. The molecule has 0 N–H and O–H groups in total. The van der Waals surface area contributed by atoms with Gasteiger partial charge in [-0.2, -0.15) is 0 Å². The maximum absolute atomic E-state index is 12.3. The van der Waals surface area contributed by atoms with Gasteiger partial charge < -0.3 is 4.90 Å². The van der Waals surface area contributed by atoms with E-state index in [1.165, 1.54) is 12.8 Å². The molecule has 5 heteroatoms. The summed E-state index contributed by atoms with van der Waals surface area (Å²) in [4.78, 5) is 16.7. The van der Waals surface area contributed by atoms with E-state index in [1.54, 1.807) is 0 Å². The molecule has 3 rings (SSSR count). The summed E-state index contributed by atoms with van der Waals surface area (Å²) < 4.78 is -0.783. The second kappa shape index (κ2) is 4.01. The zero-order valence-electron chi connectivity index (χ0n) is 10.0. The van der Waals surface area contributed by atoms with Gasteiger partial charge in [-0.3, -0.25) is 9.69 Å². The van der Waals surface area contributed by atoms with Crippen molar-refractivity contribution >= 4 is 29.1 Å². The Morgan fingerprint density at radius 2 is 1.88 bits per heavy atom. The number of rotatable bonds is 1. The Morgan fingerprint density at radius 1 is 1.24 bits per heavy atom. The van der Waals surface area contributed by atoms with Gasteiger partial charge in [-0.25, -0.2) is 0 Å². The normalized spacial score (nSPS) is 40.2. The van der Waals surface area contributed by atoms with Crippen LogP contribution >= 0.6 is 23.2 Å². The minimum atomic E-state index is -0.783. The van der Waals surface area contributed by atoms with E-state index in [9.17, 15) is 4.79 Å². The van der Waals surface area contributed by atoms with Gasteiger partial charge in [-0.15, -0.1) is 23.2 Å². The van der Waals surface area contributed by atoms with Crippen LogP contribution in [0.2, 0.25) is 0 Å². The Kier molecular flexibility index (Phi) is 2.84. The van der Waals surface area contributed by atoms with Crippen molar-refractivity contribution in [2.45, 2.75) is 42.1 Å². The van der Waals surface area contributed by atoms with Gasteiger partial charge in [0.15, 0.2) is 0 Å². The molecule has 2 bridgehead atoms. The molecule has 17 heavy (non-hydrogen) atoms. The average Bonchev–Trinajstić information content (AvgIpc) is 2.78. The summed E-state index contributed by atoms with van der Waals surface area (Å²) in [6.07, 6.45) is 4.20. The minimum absolute atomic E-state index is 0.159. The monoisotopic (exact) mass is 276 g/mol. The van der Waals surface area contributed by atoms with Crippen LogP contribution in [-0.4, -0.2) is 52.3 Å². The smallest absolute Gasteiger partial charge is 0.228 e. The van der Waals surface area contributed by atoms with Gasteiger partial charge in [0.05, 0.1) is 5.92 Å². The van der Waals surface area contributed by atoms with Crippen LogP contribution in [0.4, 0.5) is 0 Å². The van der Waals surface area contributed by atoms with Gasteiger partial charge in [-0.05, 0) is 32.7 Å². The lowest BCUT2D eigenvalue weighted by Gasteiger charge is -2.26. The topological polar surface area (TPSA) is 23.6 Å². The Balaban J connectivity index is 1.67. The van der Waals surface area contributed by atoms with E-state index in [-0.39, 0.29) is 11.8 Å². The molecule has 0 aromatic carbocycles. The molecule has 0 radical (unpaired) electrons. The number of halogens is 2.